The molecular formula is C13H17BrClNO2S. The Morgan fingerprint density at radius 1 is 1.47 bits per heavy atom. The number of hydrogen-bond acceptors (Lipinski definition) is 2. The Morgan fingerprint density at radius 3 is 2.79 bits per heavy atom. The van der Waals surface area contributed by atoms with Crippen molar-refractivity contribution in [3.8, 4) is 5.75 Å². The summed E-state index contributed by atoms with van der Waals surface area (Å²) in [5.41, 5.74) is 0.969. The molecule has 6 heteroatoms. The van der Waals surface area contributed by atoms with Gasteiger partial charge in [-0.25, -0.2) is 8.93 Å². The van der Waals surface area contributed by atoms with E-state index in [1.165, 1.54) is 0 Å². The van der Waals surface area contributed by atoms with Crippen LogP contribution in [0.1, 0.15) is 38.8 Å². The van der Waals surface area contributed by atoms with Gasteiger partial charge in [0.1, 0.15) is 5.75 Å². The van der Waals surface area contributed by atoms with Gasteiger partial charge in [0.05, 0.1) is 33.4 Å². The Morgan fingerprint density at radius 2 is 2.16 bits per heavy atom. The summed E-state index contributed by atoms with van der Waals surface area (Å²) in [7, 11) is -1.11. The molecule has 1 aliphatic rings. The van der Waals surface area contributed by atoms with Gasteiger partial charge >= 0.3 is 0 Å². The molecule has 0 bridgehead atoms. The Balaban J connectivity index is 2.29. The molecular weight excluding hydrogens is 350 g/mol. The highest BCUT2D eigenvalue weighted by Gasteiger charge is 2.29. The molecule has 1 N–H and O–H groups in total. The summed E-state index contributed by atoms with van der Waals surface area (Å²) in [5, 5.41) is 0.575. The summed E-state index contributed by atoms with van der Waals surface area (Å²) < 4.78 is 21.5. The minimum atomic E-state index is -1.11. The van der Waals surface area contributed by atoms with Crippen LogP contribution in [-0.2, 0) is 11.0 Å². The summed E-state index contributed by atoms with van der Waals surface area (Å²) in [6.45, 7) is 6.42. The van der Waals surface area contributed by atoms with Gasteiger partial charge in [0.2, 0.25) is 0 Å². The Kier molecular flexibility index (Phi) is 4.60. The van der Waals surface area contributed by atoms with Gasteiger partial charge in [0.15, 0.2) is 0 Å². The molecule has 0 saturated heterocycles. The molecule has 0 aliphatic carbocycles. The van der Waals surface area contributed by atoms with E-state index in [-0.39, 0.29) is 10.8 Å². The van der Waals surface area contributed by atoms with Crippen molar-refractivity contribution in [3.05, 3.63) is 27.2 Å². The van der Waals surface area contributed by atoms with Crippen LogP contribution in [0.25, 0.3) is 0 Å². The number of ether oxygens (including phenoxy) is 1. The maximum absolute atomic E-state index is 12.2. The lowest BCUT2D eigenvalue weighted by atomic mass is 10.0. The molecule has 2 rings (SSSR count). The van der Waals surface area contributed by atoms with Crippen LogP contribution in [-0.4, -0.2) is 15.6 Å². The zero-order chi connectivity index (χ0) is 14.2. The fraction of sp³-hybridized carbons (Fsp3) is 0.538. The third kappa shape index (κ3) is 3.32. The van der Waals surface area contributed by atoms with Crippen LogP contribution in [0.4, 0.5) is 0 Å². The number of benzene rings is 1. The average molecular weight is 367 g/mol. The van der Waals surface area contributed by atoms with Crippen molar-refractivity contribution in [2.24, 2.45) is 0 Å². The summed E-state index contributed by atoms with van der Waals surface area (Å²) >= 11 is 9.61. The van der Waals surface area contributed by atoms with Crippen LogP contribution in [0.2, 0.25) is 5.02 Å². The lowest BCUT2D eigenvalue weighted by molar-refractivity contribution is 0.263. The Hall–Kier alpha value is -0.100. The predicted octanol–water partition coefficient (Wildman–Crippen LogP) is 3.98. The van der Waals surface area contributed by atoms with E-state index in [9.17, 15) is 4.21 Å². The van der Waals surface area contributed by atoms with Crippen molar-refractivity contribution >= 4 is 38.5 Å². The quantitative estimate of drug-likeness (QED) is 0.860. The molecule has 0 aromatic heterocycles. The van der Waals surface area contributed by atoms with E-state index in [2.05, 4.69) is 20.7 Å². The van der Waals surface area contributed by atoms with Crippen molar-refractivity contribution in [2.45, 2.75) is 38.0 Å². The first-order valence-electron chi connectivity index (χ1n) is 6.09. The van der Waals surface area contributed by atoms with Crippen LogP contribution in [0.15, 0.2) is 16.6 Å². The fourth-order valence-corrected chi connectivity index (χ4v) is 3.23. The molecule has 1 aromatic carbocycles. The SMILES string of the molecule is CC(C)(C)S(=O)NC1CCOc2c1ccc(Br)c2Cl. The minimum Gasteiger partial charge on any atom is -0.492 e. The predicted molar refractivity (Wildman–Crippen MR) is 83.0 cm³/mol. The average Bonchev–Trinajstić information content (AvgIpc) is 2.33. The van der Waals surface area contributed by atoms with Gasteiger partial charge in [-0.15, -0.1) is 0 Å². The van der Waals surface area contributed by atoms with Gasteiger partial charge < -0.3 is 4.74 Å². The zero-order valence-electron chi connectivity index (χ0n) is 11.1. The highest BCUT2D eigenvalue weighted by atomic mass is 79.9. The lowest BCUT2D eigenvalue weighted by Gasteiger charge is -2.29. The molecule has 1 heterocycles. The second-order valence-corrected chi connectivity index (χ2v) is 8.70. The van der Waals surface area contributed by atoms with Gasteiger partial charge in [-0.05, 0) is 42.8 Å². The number of fused-ring (bicyclic) bond motifs is 1. The van der Waals surface area contributed by atoms with Crippen molar-refractivity contribution in [1.82, 2.24) is 4.72 Å². The summed E-state index contributed by atoms with van der Waals surface area (Å²) in [6, 6.07) is 3.86. The van der Waals surface area contributed by atoms with Gasteiger partial charge in [0, 0.05) is 16.5 Å². The number of nitrogens with one attached hydrogen (secondary N) is 1. The molecule has 1 aromatic rings. The van der Waals surface area contributed by atoms with E-state index in [0.29, 0.717) is 17.4 Å². The molecule has 106 valence electrons. The molecule has 0 amide bonds. The first-order chi connectivity index (χ1) is 8.80. The van der Waals surface area contributed by atoms with Crippen LogP contribution in [0, 0.1) is 0 Å². The maximum Gasteiger partial charge on any atom is 0.143 e. The molecule has 0 fully saturated rings. The largest absolute Gasteiger partial charge is 0.492 e. The third-order valence-electron chi connectivity index (χ3n) is 2.91. The highest BCUT2D eigenvalue weighted by molar-refractivity contribution is 9.10. The van der Waals surface area contributed by atoms with E-state index < -0.39 is 11.0 Å². The first-order valence-corrected chi connectivity index (χ1v) is 8.41. The second-order valence-electron chi connectivity index (χ2n) is 5.47. The van der Waals surface area contributed by atoms with E-state index in [0.717, 1.165) is 16.5 Å². The standard InChI is InChI=1S/C13H17BrClNO2S/c1-13(2,3)19(17)16-10-6-7-18-12-8(10)4-5-9(14)11(12)15/h4-5,10,16H,6-7H2,1-3H3. The van der Waals surface area contributed by atoms with Gasteiger partial charge in [-0.3, -0.25) is 0 Å². The molecule has 0 saturated carbocycles. The number of hydrogen-bond donors (Lipinski definition) is 1. The van der Waals surface area contributed by atoms with Crippen LogP contribution in [0.5, 0.6) is 5.75 Å². The summed E-state index contributed by atoms with van der Waals surface area (Å²) in [4.78, 5) is 0. The number of rotatable bonds is 2. The second kappa shape index (κ2) is 5.72. The molecule has 0 radical (unpaired) electrons. The minimum absolute atomic E-state index is 0.00871. The van der Waals surface area contributed by atoms with Crippen LogP contribution in [0.3, 0.4) is 0 Å². The molecule has 3 nitrogen and oxygen atoms in total. The molecule has 0 spiro atoms. The fourth-order valence-electron chi connectivity index (χ4n) is 1.83. The van der Waals surface area contributed by atoms with E-state index in [1.54, 1.807) is 0 Å². The van der Waals surface area contributed by atoms with Gasteiger partial charge in [0.25, 0.3) is 0 Å². The Bertz CT molecular complexity index is 516. The first kappa shape index (κ1) is 15.3. The van der Waals surface area contributed by atoms with E-state index >= 15 is 0 Å². The topological polar surface area (TPSA) is 38.3 Å². The van der Waals surface area contributed by atoms with Gasteiger partial charge in [-0.2, -0.15) is 0 Å². The Labute approximate surface area is 129 Å². The molecule has 2 atom stereocenters. The van der Waals surface area contributed by atoms with E-state index in [4.69, 9.17) is 16.3 Å². The van der Waals surface area contributed by atoms with Crippen molar-refractivity contribution < 1.29 is 8.95 Å². The molecule has 19 heavy (non-hydrogen) atoms. The lowest BCUT2D eigenvalue weighted by Crippen LogP contribution is -2.37. The molecule has 2 unspecified atom stereocenters. The van der Waals surface area contributed by atoms with Crippen LogP contribution < -0.4 is 9.46 Å². The van der Waals surface area contributed by atoms with Crippen LogP contribution >= 0.6 is 27.5 Å². The maximum atomic E-state index is 12.2. The highest BCUT2D eigenvalue weighted by Crippen LogP contribution is 2.41. The molecule has 1 aliphatic heterocycles. The normalized spacial score (nSPS) is 20.6. The summed E-state index contributed by atoms with van der Waals surface area (Å²) in [5.74, 6) is 0.686. The third-order valence-corrected chi connectivity index (χ3v) is 5.79. The summed E-state index contributed by atoms with van der Waals surface area (Å²) in [6.07, 6.45) is 0.785. The van der Waals surface area contributed by atoms with Crippen molar-refractivity contribution in [1.29, 1.82) is 0 Å². The van der Waals surface area contributed by atoms with Gasteiger partial charge in [-0.1, -0.05) is 17.7 Å². The van der Waals surface area contributed by atoms with Crippen molar-refractivity contribution in [3.63, 3.8) is 0 Å². The van der Waals surface area contributed by atoms with E-state index in [1.807, 2.05) is 32.9 Å². The van der Waals surface area contributed by atoms with Crippen molar-refractivity contribution in [2.75, 3.05) is 6.61 Å². The number of halogens is 2. The monoisotopic (exact) mass is 365 g/mol. The smallest absolute Gasteiger partial charge is 0.143 e. The zero-order valence-corrected chi connectivity index (χ0v) is 14.3.